The predicted molar refractivity (Wildman–Crippen MR) is 100 cm³/mol. The van der Waals surface area contributed by atoms with Gasteiger partial charge in [-0.25, -0.2) is 0 Å². The van der Waals surface area contributed by atoms with Crippen LogP contribution in [0.1, 0.15) is 50.7 Å². The summed E-state index contributed by atoms with van der Waals surface area (Å²) < 4.78 is 0. The Morgan fingerprint density at radius 2 is 1.92 bits per heavy atom. The van der Waals surface area contributed by atoms with Crippen LogP contribution >= 0.6 is 0 Å². The van der Waals surface area contributed by atoms with E-state index < -0.39 is 17.5 Å². The predicted octanol–water partition coefficient (Wildman–Crippen LogP) is 1.59. The van der Waals surface area contributed by atoms with Gasteiger partial charge in [0.2, 0.25) is 17.7 Å². The molecule has 0 radical (unpaired) electrons. The van der Waals surface area contributed by atoms with Crippen LogP contribution in [0.4, 0.5) is 0 Å². The minimum Gasteiger partial charge on any atom is -0.368 e. The number of nitrogens with two attached hydrogens (primary N) is 1. The van der Waals surface area contributed by atoms with E-state index in [1.54, 1.807) is 0 Å². The maximum atomic E-state index is 12.3. The molecule has 26 heavy (non-hydrogen) atoms. The fraction of sp³-hybridized carbons (Fsp3) is 0.550. The summed E-state index contributed by atoms with van der Waals surface area (Å²) in [5.74, 6) is -0.789. The molecule has 3 amide bonds. The zero-order chi connectivity index (χ0) is 19.3. The number of amides is 3. The summed E-state index contributed by atoms with van der Waals surface area (Å²) in [6.07, 6.45) is 2.64. The van der Waals surface area contributed by atoms with Crippen molar-refractivity contribution in [3.63, 3.8) is 0 Å². The highest BCUT2D eigenvalue weighted by Gasteiger charge is 2.38. The lowest BCUT2D eigenvalue weighted by atomic mass is 9.84. The zero-order valence-corrected chi connectivity index (χ0v) is 15.8. The number of primary amides is 1. The highest BCUT2D eigenvalue weighted by Crippen LogP contribution is 2.29. The van der Waals surface area contributed by atoms with Crippen molar-refractivity contribution in [2.24, 2.45) is 11.7 Å². The summed E-state index contributed by atoms with van der Waals surface area (Å²) in [4.78, 5) is 35.6. The van der Waals surface area contributed by atoms with E-state index in [1.165, 1.54) is 5.56 Å². The average molecular weight is 359 g/mol. The number of nitrogens with one attached hydrogen (secondary N) is 2. The first-order chi connectivity index (χ1) is 12.2. The minimum absolute atomic E-state index is 0.0229. The Bertz CT molecular complexity index is 669. The summed E-state index contributed by atoms with van der Waals surface area (Å²) in [6.45, 7) is 5.71. The van der Waals surface area contributed by atoms with E-state index in [1.807, 2.05) is 32.9 Å². The maximum Gasteiger partial charge on any atom is 0.240 e. The third-order valence-electron chi connectivity index (χ3n) is 5.02. The molecule has 6 heteroatoms. The van der Waals surface area contributed by atoms with E-state index in [0.29, 0.717) is 25.7 Å². The quantitative estimate of drug-likeness (QED) is 0.657. The molecule has 1 aliphatic heterocycles. The van der Waals surface area contributed by atoms with E-state index in [2.05, 4.69) is 22.8 Å². The van der Waals surface area contributed by atoms with Crippen molar-refractivity contribution in [2.45, 2.75) is 64.5 Å². The highest BCUT2D eigenvalue weighted by atomic mass is 16.2. The molecule has 2 atom stereocenters. The molecule has 1 fully saturated rings. The molecule has 1 heterocycles. The van der Waals surface area contributed by atoms with E-state index in [-0.39, 0.29) is 24.2 Å². The highest BCUT2D eigenvalue weighted by molar-refractivity contribution is 5.87. The summed E-state index contributed by atoms with van der Waals surface area (Å²) >= 11 is 0. The topological polar surface area (TPSA) is 101 Å². The summed E-state index contributed by atoms with van der Waals surface area (Å²) in [7, 11) is 0. The molecule has 1 saturated heterocycles. The molecule has 0 bridgehead atoms. The van der Waals surface area contributed by atoms with Crippen LogP contribution in [-0.4, -0.2) is 29.3 Å². The van der Waals surface area contributed by atoms with Crippen molar-refractivity contribution in [1.29, 1.82) is 0 Å². The van der Waals surface area contributed by atoms with Crippen LogP contribution in [0.3, 0.4) is 0 Å². The van der Waals surface area contributed by atoms with Crippen LogP contribution in [0.15, 0.2) is 24.3 Å². The Balaban J connectivity index is 2.01. The van der Waals surface area contributed by atoms with E-state index in [0.717, 1.165) is 5.56 Å². The monoisotopic (exact) mass is 359 g/mol. The number of rotatable bonds is 8. The lowest BCUT2D eigenvalue weighted by molar-refractivity contribution is -0.128. The first-order valence-corrected chi connectivity index (χ1v) is 9.16. The number of hydrogen-bond acceptors (Lipinski definition) is 3. The first kappa shape index (κ1) is 19.9. The Morgan fingerprint density at radius 3 is 2.42 bits per heavy atom. The molecule has 4 N–H and O–H groups in total. The standard InChI is InChI=1S/C20H29N3O3/c1-13(2)18(19(21)26)22-16(24)8-10-20(11-9-17(25)23-20)12-15-6-4-14(3)5-7-15/h4-7,13,18H,8-12H2,1-3H3,(H2,21,26)(H,22,24)(H,23,25)/t18-,20-/m0/s1. The molecule has 1 aromatic rings. The molecule has 0 saturated carbocycles. The third-order valence-corrected chi connectivity index (χ3v) is 5.02. The largest absolute Gasteiger partial charge is 0.368 e. The van der Waals surface area contributed by atoms with Gasteiger partial charge >= 0.3 is 0 Å². The van der Waals surface area contributed by atoms with Crippen molar-refractivity contribution < 1.29 is 14.4 Å². The summed E-state index contributed by atoms with van der Waals surface area (Å²) in [6, 6.07) is 7.54. The lowest BCUT2D eigenvalue weighted by Gasteiger charge is -2.30. The minimum atomic E-state index is -0.672. The van der Waals surface area contributed by atoms with Gasteiger partial charge in [0.15, 0.2) is 0 Å². The van der Waals surface area contributed by atoms with Gasteiger partial charge in [-0.1, -0.05) is 43.7 Å². The molecule has 6 nitrogen and oxygen atoms in total. The van der Waals surface area contributed by atoms with Gasteiger partial charge in [-0.2, -0.15) is 0 Å². The molecule has 1 aromatic carbocycles. The SMILES string of the molecule is Cc1ccc(C[C@]2(CCC(=O)N[C@H](C(N)=O)C(C)C)CCC(=O)N2)cc1. The van der Waals surface area contributed by atoms with E-state index in [9.17, 15) is 14.4 Å². The van der Waals surface area contributed by atoms with Crippen LogP contribution < -0.4 is 16.4 Å². The van der Waals surface area contributed by atoms with Crippen molar-refractivity contribution in [3.8, 4) is 0 Å². The Morgan fingerprint density at radius 1 is 1.27 bits per heavy atom. The van der Waals surface area contributed by atoms with Gasteiger partial charge in [-0.15, -0.1) is 0 Å². The molecule has 0 aromatic heterocycles. The van der Waals surface area contributed by atoms with E-state index >= 15 is 0 Å². The van der Waals surface area contributed by atoms with Gasteiger partial charge in [-0.3, -0.25) is 14.4 Å². The zero-order valence-electron chi connectivity index (χ0n) is 15.8. The van der Waals surface area contributed by atoms with Gasteiger partial charge in [0.25, 0.3) is 0 Å². The van der Waals surface area contributed by atoms with Crippen molar-refractivity contribution in [2.75, 3.05) is 0 Å². The van der Waals surface area contributed by atoms with Gasteiger partial charge in [0, 0.05) is 18.4 Å². The van der Waals surface area contributed by atoms with Crippen LogP contribution in [0.25, 0.3) is 0 Å². The third kappa shape index (κ3) is 5.31. The van der Waals surface area contributed by atoms with Gasteiger partial charge in [-0.05, 0) is 37.7 Å². The maximum absolute atomic E-state index is 12.3. The average Bonchev–Trinajstić information content (AvgIpc) is 2.93. The lowest BCUT2D eigenvalue weighted by Crippen LogP contribution is -2.49. The first-order valence-electron chi connectivity index (χ1n) is 9.16. The van der Waals surface area contributed by atoms with Crippen LogP contribution in [0.2, 0.25) is 0 Å². The Labute approximate surface area is 154 Å². The molecular weight excluding hydrogens is 330 g/mol. The Kier molecular flexibility index (Phi) is 6.40. The van der Waals surface area contributed by atoms with E-state index in [4.69, 9.17) is 5.73 Å². The molecule has 0 unspecified atom stereocenters. The van der Waals surface area contributed by atoms with Gasteiger partial charge < -0.3 is 16.4 Å². The number of carbonyl (C=O) groups is 3. The van der Waals surface area contributed by atoms with Crippen molar-refractivity contribution >= 4 is 17.7 Å². The fourth-order valence-electron chi connectivity index (χ4n) is 3.44. The molecule has 0 aliphatic carbocycles. The number of aryl methyl sites for hydroxylation is 1. The molecule has 1 aliphatic rings. The number of carbonyl (C=O) groups excluding carboxylic acids is 3. The second-order valence-corrected chi connectivity index (χ2v) is 7.68. The van der Waals surface area contributed by atoms with Crippen LogP contribution in [0, 0.1) is 12.8 Å². The molecular formula is C20H29N3O3. The van der Waals surface area contributed by atoms with Crippen molar-refractivity contribution in [1.82, 2.24) is 10.6 Å². The van der Waals surface area contributed by atoms with Crippen LogP contribution in [-0.2, 0) is 20.8 Å². The number of hydrogen-bond donors (Lipinski definition) is 3. The fourth-order valence-corrected chi connectivity index (χ4v) is 3.44. The number of benzene rings is 1. The van der Waals surface area contributed by atoms with Crippen molar-refractivity contribution in [3.05, 3.63) is 35.4 Å². The van der Waals surface area contributed by atoms with Crippen LogP contribution in [0.5, 0.6) is 0 Å². The van der Waals surface area contributed by atoms with Gasteiger partial charge in [0.05, 0.1) is 0 Å². The summed E-state index contributed by atoms with van der Waals surface area (Å²) in [5, 5.41) is 5.79. The molecule has 0 spiro atoms. The second-order valence-electron chi connectivity index (χ2n) is 7.68. The molecule has 142 valence electrons. The van der Waals surface area contributed by atoms with Gasteiger partial charge in [0.1, 0.15) is 6.04 Å². The summed E-state index contributed by atoms with van der Waals surface area (Å²) in [5.41, 5.74) is 7.26. The second kappa shape index (κ2) is 8.34. The normalized spacial score (nSPS) is 20.7. The Hall–Kier alpha value is -2.37. The smallest absolute Gasteiger partial charge is 0.240 e. The molecule has 2 rings (SSSR count).